The maximum Gasteiger partial charge on any atom is 0.126 e. The molecule has 0 aliphatic rings. The van der Waals surface area contributed by atoms with E-state index < -0.39 is 0 Å². The molecule has 0 aliphatic heterocycles. The molecule has 0 saturated heterocycles. The Morgan fingerprint density at radius 1 is 1.33 bits per heavy atom. The van der Waals surface area contributed by atoms with Crippen LogP contribution in [0, 0.1) is 0 Å². The standard InChI is InChI=1S/C3H6O.H3N.H2O/c1-3(2)4;;/h1-2H3;1H3;1H2. The summed E-state index contributed by atoms with van der Waals surface area (Å²) in [4.78, 5) is 9.44. The molecule has 0 aromatic rings. The minimum absolute atomic E-state index is 0. The van der Waals surface area contributed by atoms with Gasteiger partial charge in [0.1, 0.15) is 5.78 Å². The number of Topliss-reactive ketones (excluding diaryl/α,β-unsaturated/α-hetero) is 1. The van der Waals surface area contributed by atoms with Gasteiger partial charge >= 0.3 is 0 Å². The van der Waals surface area contributed by atoms with E-state index in [1.165, 1.54) is 13.8 Å². The largest absolute Gasteiger partial charge is 0.870 e. The molecule has 0 radical (unpaired) electrons. The highest BCUT2D eigenvalue weighted by Gasteiger charge is 1.62. The maximum absolute atomic E-state index is 9.44. The molecule has 3 nitrogen and oxygen atoms in total. The van der Waals surface area contributed by atoms with Gasteiger partial charge in [0.2, 0.25) is 0 Å². The molecule has 0 aliphatic carbocycles. The Labute approximate surface area is 37.2 Å². The first-order valence-corrected chi connectivity index (χ1v) is 1.20. The van der Waals surface area contributed by atoms with Crippen LogP contribution in [0.15, 0.2) is 0 Å². The lowest BCUT2D eigenvalue weighted by Gasteiger charge is -1.56. The molecule has 0 aromatic carbocycles. The summed E-state index contributed by atoms with van der Waals surface area (Å²) in [5.74, 6) is 0.167. The van der Waals surface area contributed by atoms with Crippen molar-refractivity contribution >= 4 is 5.78 Å². The van der Waals surface area contributed by atoms with Crippen LogP contribution in [0.4, 0.5) is 0 Å². The van der Waals surface area contributed by atoms with E-state index in [0.717, 1.165) is 0 Å². The van der Waals surface area contributed by atoms with Gasteiger partial charge in [-0.1, -0.05) is 0 Å². The number of hydrogen-bond acceptors (Lipinski definition) is 2. The second-order valence-corrected chi connectivity index (χ2v) is 0.908. The Morgan fingerprint density at radius 2 is 1.33 bits per heavy atom. The average molecular weight is 93.1 g/mol. The van der Waals surface area contributed by atoms with E-state index in [-0.39, 0.29) is 17.4 Å². The highest BCUT2D eigenvalue weighted by atomic mass is 16.1. The van der Waals surface area contributed by atoms with E-state index in [9.17, 15) is 4.79 Å². The van der Waals surface area contributed by atoms with Crippen molar-refractivity contribution in [2.24, 2.45) is 0 Å². The fourth-order valence-electron chi connectivity index (χ4n) is 0. The Kier molecular flexibility index (Phi) is 25.8. The van der Waals surface area contributed by atoms with Crippen molar-refractivity contribution in [1.82, 2.24) is 6.15 Å². The molecule has 0 saturated carbocycles. The number of carbonyl (C=O) groups is 1. The van der Waals surface area contributed by atoms with E-state index in [4.69, 9.17) is 0 Å². The lowest BCUT2D eigenvalue weighted by molar-refractivity contribution is -0.114. The second kappa shape index (κ2) is 8.82. The minimum Gasteiger partial charge on any atom is -0.870 e. The van der Waals surface area contributed by atoms with Crippen LogP contribution < -0.4 is 6.15 Å². The highest BCUT2D eigenvalue weighted by molar-refractivity contribution is 5.72. The molecular formula is C3H11NO2. The summed E-state index contributed by atoms with van der Waals surface area (Å²) in [5, 5.41) is 0. The van der Waals surface area contributed by atoms with E-state index in [0.29, 0.717) is 0 Å². The Morgan fingerprint density at radius 3 is 1.33 bits per heavy atom. The number of hydrogen-bond donors (Lipinski definition) is 1. The summed E-state index contributed by atoms with van der Waals surface area (Å²) < 4.78 is 0. The first-order chi connectivity index (χ1) is 1.73. The molecule has 40 valence electrons. The lowest BCUT2D eigenvalue weighted by atomic mass is 10.6. The third-order valence-corrected chi connectivity index (χ3v) is 0. The quantitative estimate of drug-likeness (QED) is 0.480. The van der Waals surface area contributed by atoms with Crippen molar-refractivity contribution < 1.29 is 10.3 Å². The van der Waals surface area contributed by atoms with Crippen LogP contribution in [0.5, 0.6) is 0 Å². The summed E-state index contributed by atoms with van der Waals surface area (Å²) in [6, 6.07) is 0. The van der Waals surface area contributed by atoms with E-state index >= 15 is 0 Å². The summed E-state index contributed by atoms with van der Waals surface area (Å²) in [6.07, 6.45) is 0. The summed E-state index contributed by atoms with van der Waals surface area (Å²) >= 11 is 0. The third kappa shape index (κ3) is 143. The molecule has 0 rings (SSSR count). The molecule has 0 atom stereocenters. The van der Waals surface area contributed by atoms with Crippen molar-refractivity contribution in [3.63, 3.8) is 0 Å². The van der Waals surface area contributed by atoms with Crippen molar-refractivity contribution in [3.05, 3.63) is 0 Å². The van der Waals surface area contributed by atoms with Crippen LogP contribution in [0.1, 0.15) is 13.8 Å². The molecule has 3 heteroatoms. The van der Waals surface area contributed by atoms with Gasteiger partial charge in [0.05, 0.1) is 0 Å². The molecular weight excluding hydrogens is 82.0 g/mol. The number of ketones is 1. The van der Waals surface area contributed by atoms with Gasteiger partial charge in [0, 0.05) is 0 Å². The fraction of sp³-hybridized carbons (Fsp3) is 0.667. The molecule has 0 aromatic heterocycles. The lowest BCUT2D eigenvalue weighted by Crippen LogP contribution is -1.69. The molecule has 0 fully saturated rings. The van der Waals surface area contributed by atoms with Gasteiger partial charge in [0.15, 0.2) is 0 Å². The van der Waals surface area contributed by atoms with Crippen molar-refractivity contribution in [3.8, 4) is 0 Å². The molecule has 0 unspecified atom stereocenters. The Bertz CT molecular complexity index is 31.8. The Balaban J connectivity index is -0.0000000450. The highest BCUT2D eigenvalue weighted by Crippen LogP contribution is 1.50. The van der Waals surface area contributed by atoms with Gasteiger partial charge in [-0.05, 0) is 13.8 Å². The van der Waals surface area contributed by atoms with Crippen LogP contribution in [0.2, 0.25) is 0 Å². The molecule has 0 heterocycles. The van der Waals surface area contributed by atoms with Crippen LogP contribution in [-0.2, 0) is 4.79 Å². The van der Waals surface area contributed by atoms with Crippen LogP contribution >= 0.6 is 0 Å². The molecule has 6 heavy (non-hydrogen) atoms. The van der Waals surface area contributed by atoms with Gasteiger partial charge in [-0.3, -0.25) is 0 Å². The van der Waals surface area contributed by atoms with Gasteiger partial charge in [0.25, 0.3) is 0 Å². The maximum atomic E-state index is 9.44. The zero-order chi connectivity index (χ0) is 3.58. The predicted octanol–water partition coefficient (Wildman–Crippen LogP) is 0.795. The molecule has 0 bridgehead atoms. The van der Waals surface area contributed by atoms with Gasteiger partial charge in [-0.25, -0.2) is 0 Å². The predicted molar refractivity (Wildman–Crippen MR) is 24.3 cm³/mol. The minimum atomic E-state index is 0. The zero-order valence-electron chi connectivity index (χ0n) is 4.36. The van der Waals surface area contributed by atoms with Gasteiger partial charge in [-0.15, -0.1) is 0 Å². The first-order valence-electron chi connectivity index (χ1n) is 1.20. The van der Waals surface area contributed by atoms with Crippen LogP contribution in [-0.4, -0.2) is 11.3 Å². The van der Waals surface area contributed by atoms with Crippen molar-refractivity contribution in [2.45, 2.75) is 13.8 Å². The van der Waals surface area contributed by atoms with E-state index in [1.54, 1.807) is 0 Å². The second-order valence-electron chi connectivity index (χ2n) is 0.908. The molecule has 0 spiro atoms. The number of carbonyl (C=O) groups excluding carboxylic acids is 1. The SMILES string of the molecule is CC(C)=O.[NH4+].[OH-]. The molecule has 0 amide bonds. The summed E-state index contributed by atoms with van der Waals surface area (Å²) in [6.45, 7) is 3.06. The Hall–Kier alpha value is -0.410. The van der Waals surface area contributed by atoms with Crippen LogP contribution in [0.25, 0.3) is 0 Å². The average Bonchev–Trinajstić information content (AvgIpc) is 0.811. The smallest absolute Gasteiger partial charge is 0.126 e. The topological polar surface area (TPSA) is 83.6 Å². The van der Waals surface area contributed by atoms with Crippen LogP contribution in [0.3, 0.4) is 0 Å². The normalized spacial score (nSPS) is 4.33. The summed E-state index contributed by atoms with van der Waals surface area (Å²) in [7, 11) is 0. The molecule has 5 N–H and O–H groups in total. The monoisotopic (exact) mass is 93.1 g/mol. The number of quaternary nitrogens is 1. The van der Waals surface area contributed by atoms with E-state index in [1.807, 2.05) is 0 Å². The number of rotatable bonds is 0. The fourth-order valence-corrected chi connectivity index (χ4v) is 0. The van der Waals surface area contributed by atoms with E-state index in [2.05, 4.69) is 0 Å². The zero-order valence-corrected chi connectivity index (χ0v) is 4.36. The van der Waals surface area contributed by atoms with Gasteiger partial charge < -0.3 is 16.4 Å². The van der Waals surface area contributed by atoms with Gasteiger partial charge in [-0.2, -0.15) is 0 Å². The van der Waals surface area contributed by atoms with Crippen molar-refractivity contribution in [1.29, 1.82) is 0 Å². The summed E-state index contributed by atoms with van der Waals surface area (Å²) in [5.41, 5.74) is 0. The first kappa shape index (κ1) is 17.6. The third-order valence-electron chi connectivity index (χ3n) is 0. The van der Waals surface area contributed by atoms with Crippen molar-refractivity contribution in [2.75, 3.05) is 0 Å².